The second kappa shape index (κ2) is 7.81. The number of anilines is 1. The number of hydrogen-bond acceptors (Lipinski definition) is 3. The fourth-order valence-corrected chi connectivity index (χ4v) is 2.60. The molecular formula is C17H23N3O4. The Morgan fingerprint density at radius 1 is 1.33 bits per heavy atom. The van der Waals surface area contributed by atoms with E-state index < -0.39 is 11.9 Å². The molecule has 1 saturated heterocycles. The Morgan fingerprint density at radius 2 is 2.00 bits per heavy atom. The largest absolute Gasteiger partial charge is 0.481 e. The van der Waals surface area contributed by atoms with Gasteiger partial charge in [0.15, 0.2) is 0 Å². The summed E-state index contributed by atoms with van der Waals surface area (Å²) in [5, 5.41) is 11.6. The lowest BCUT2D eigenvalue weighted by atomic mass is 10.2. The summed E-state index contributed by atoms with van der Waals surface area (Å²) in [4.78, 5) is 37.6. The van der Waals surface area contributed by atoms with Gasteiger partial charge in [-0.1, -0.05) is 19.1 Å². The van der Waals surface area contributed by atoms with Crippen molar-refractivity contribution in [3.63, 3.8) is 0 Å². The number of nitrogens with one attached hydrogen (secondary N) is 1. The van der Waals surface area contributed by atoms with E-state index in [4.69, 9.17) is 5.11 Å². The highest BCUT2D eigenvalue weighted by Gasteiger charge is 2.21. The van der Waals surface area contributed by atoms with Crippen LogP contribution in [0.5, 0.6) is 0 Å². The second-order valence-corrected chi connectivity index (χ2v) is 6.09. The third-order valence-electron chi connectivity index (χ3n) is 4.08. The van der Waals surface area contributed by atoms with Crippen LogP contribution in [0.1, 0.15) is 25.3 Å². The van der Waals surface area contributed by atoms with Gasteiger partial charge in [0.05, 0.1) is 5.92 Å². The topological polar surface area (TPSA) is 90.0 Å². The predicted molar refractivity (Wildman–Crippen MR) is 89.7 cm³/mol. The highest BCUT2D eigenvalue weighted by Crippen LogP contribution is 2.21. The van der Waals surface area contributed by atoms with Gasteiger partial charge in [-0.15, -0.1) is 0 Å². The molecule has 1 aromatic carbocycles. The standard InChI is InChI=1S/C17H23N3O4/c1-12(16(22)23)11-19(2)17(24)18-10-13-5-7-14(8-6-13)20-9-3-4-15(20)21/h5-8,12H,3-4,9-11H2,1-2H3,(H,18,24)(H,22,23). The Labute approximate surface area is 141 Å². The lowest BCUT2D eigenvalue weighted by molar-refractivity contribution is -0.141. The first-order valence-electron chi connectivity index (χ1n) is 7.99. The molecule has 2 N–H and O–H groups in total. The first kappa shape index (κ1) is 17.8. The van der Waals surface area contributed by atoms with E-state index in [0.717, 1.165) is 24.2 Å². The third-order valence-corrected chi connectivity index (χ3v) is 4.08. The van der Waals surface area contributed by atoms with Crippen molar-refractivity contribution in [2.24, 2.45) is 5.92 Å². The maximum Gasteiger partial charge on any atom is 0.317 e. The van der Waals surface area contributed by atoms with E-state index in [9.17, 15) is 14.4 Å². The average Bonchev–Trinajstić information content (AvgIpc) is 2.98. The summed E-state index contributed by atoms with van der Waals surface area (Å²) in [6, 6.07) is 7.19. The van der Waals surface area contributed by atoms with Gasteiger partial charge in [-0.2, -0.15) is 0 Å². The van der Waals surface area contributed by atoms with Gasteiger partial charge < -0.3 is 20.2 Å². The molecule has 1 fully saturated rings. The Bertz CT molecular complexity index is 615. The van der Waals surface area contributed by atoms with Gasteiger partial charge in [-0.3, -0.25) is 9.59 Å². The molecule has 0 radical (unpaired) electrons. The number of rotatable bonds is 6. The van der Waals surface area contributed by atoms with E-state index in [-0.39, 0.29) is 18.5 Å². The summed E-state index contributed by atoms with van der Waals surface area (Å²) in [6.45, 7) is 2.81. The summed E-state index contributed by atoms with van der Waals surface area (Å²) >= 11 is 0. The highest BCUT2D eigenvalue weighted by molar-refractivity contribution is 5.95. The van der Waals surface area contributed by atoms with Crippen LogP contribution in [0.2, 0.25) is 0 Å². The summed E-state index contributed by atoms with van der Waals surface area (Å²) < 4.78 is 0. The number of urea groups is 1. The molecule has 7 nitrogen and oxygen atoms in total. The molecule has 0 bridgehead atoms. The number of carboxylic acids is 1. The van der Waals surface area contributed by atoms with Crippen LogP contribution < -0.4 is 10.2 Å². The molecule has 0 spiro atoms. The number of benzene rings is 1. The lowest BCUT2D eigenvalue weighted by Crippen LogP contribution is -2.40. The SMILES string of the molecule is CC(CN(C)C(=O)NCc1ccc(N2CCCC2=O)cc1)C(=O)O. The number of aliphatic carboxylic acids is 1. The first-order valence-corrected chi connectivity index (χ1v) is 7.99. The summed E-state index contributed by atoms with van der Waals surface area (Å²) in [6.07, 6.45) is 1.48. The van der Waals surface area contributed by atoms with Crippen molar-refractivity contribution in [2.45, 2.75) is 26.3 Å². The van der Waals surface area contributed by atoms with E-state index in [1.54, 1.807) is 18.9 Å². The molecule has 130 valence electrons. The quantitative estimate of drug-likeness (QED) is 0.829. The zero-order valence-corrected chi connectivity index (χ0v) is 14.0. The van der Waals surface area contributed by atoms with Gasteiger partial charge in [-0.25, -0.2) is 4.79 Å². The summed E-state index contributed by atoms with van der Waals surface area (Å²) in [5.74, 6) is -1.40. The minimum atomic E-state index is -0.929. The van der Waals surface area contributed by atoms with Gasteiger partial charge in [0.1, 0.15) is 0 Å². The average molecular weight is 333 g/mol. The number of hydrogen-bond donors (Lipinski definition) is 2. The smallest absolute Gasteiger partial charge is 0.317 e. The van der Waals surface area contributed by atoms with Crippen LogP contribution in [0.4, 0.5) is 10.5 Å². The van der Waals surface area contributed by atoms with E-state index in [1.165, 1.54) is 4.90 Å². The van der Waals surface area contributed by atoms with Gasteiger partial charge in [0.2, 0.25) is 5.91 Å². The first-order chi connectivity index (χ1) is 11.4. The maximum absolute atomic E-state index is 12.0. The van der Waals surface area contributed by atoms with Crippen LogP contribution >= 0.6 is 0 Å². The van der Waals surface area contributed by atoms with Crippen molar-refractivity contribution >= 4 is 23.6 Å². The molecule has 1 heterocycles. The monoisotopic (exact) mass is 333 g/mol. The zero-order chi connectivity index (χ0) is 17.7. The van der Waals surface area contributed by atoms with E-state index in [2.05, 4.69) is 5.32 Å². The van der Waals surface area contributed by atoms with Crippen LogP contribution in [0.3, 0.4) is 0 Å². The molecule has 2 rings (SSSR count). The zero-order valence-electron chi connectivity index (χ0n) is 14.0. The molecule has 1 aliphatic heterocycles. The van der Waals surface area contributed by atoms with Crippen molar-refractivity contribution in [3.05, 3.63) is 29.8 Å². The fraction of sp³-hybridized carbons (Fsp3) is 0.471. The molecule has 1 atom stereocenters. The molecule has 24 heavy (non-hydrogen) atoms. The van der Waals surface area contributed by atoms with Crippen LogP contribution in [-0.4, -0.2) is 48.1 Å². The Hall–Kier alpha value is -2.57. The van der Waals surface area contributed by atoms with Gasteiger partial charge in [0, 0.05) is 38.8 Å². The minimum Gasteiger partial charge on any atom is -0.481 e. The number of carbonyl (C=O) groups is 3. The van der Waals surface area contributed by atoms with Gasteiger partial charge in [-0.05, 0) is 24.1 Å². The summed E-state index contributed by atoms with van der Waals surface area (Å²) in [7, 11) is 1.57. The number of nitrogens with zero attached hydrogens (tertiary/aromatic N) is 2. The molecule has 1 unspecified atom stereocenters. The number of carboxylic acid groups (broad SMARTS) is 1. The molecule has 1 aliphatic rings. The fourth-order valence-electron chi connectivity index (χ4n) is 2.60. The molecular weight excluding hydrogens is 310 g/mol. The van der Waals surface area contributed by atoms with E-state index >= 15 is 0 Å². The molecule has 3 amide bonds. The van der Waals surface area contributed by atoms with Crippen LogP contribution in [-0.2, 0) is 16.1 Å². The van der Waals surface area contributed by atoms with Crippen molar-refractivity contribution in [3.8, 4) is 0 Å². The molecule has 7 heteroatoms. The van der Waals surface area contributed by atoms with Gasteiger partial charge >= 0.3 is 12.0 Å². The maximum atomic E-state index is 12.0. The molecule has 0 saturated carbocycles. The van der Waals surface area contributed by atoms with Gasteiger partial charge in [0.25, 0.3) is 0 Å². The molecule has 0 aliphatic carbocycles. The lowest BCUT2D eigenvalue weighted by Gasteiger charge is -2.20. The van der Waals surface area contributed by atoms with Crippen molar-refractivity contribution in [1.82, 2.24) is 10.2 Å². The number of amides is 3. The Morgan fingerprint density at radius 3 is 2.54 bits per heavy atom. The minimum absolute atomic E-state index is 0.144. The predicted octanol–water partition coefficient (Wildman–Crippen LogP) is 1.68. The van der Waals surface area contributed by atoms with Crippen LogP contribution in [0.15, 0.2) is 24.3 Å². The number of carbonyl (C=O) groups excluding carboxylic acids is 2. The second-order valence-electron chi connectivity index (χ2n) is 6.09. The van der Waals surface area contributed by atoms with Crippen molar-refractivity contribution < 1.29 is 19.5 Å². The Balaban J connectivity index is 1.84. The van der Waals surface area contributed by atoms with Crippen molar-refractivity contribution in [2.75, 3.05) is 25.0 Å². The Kier molecular flexibility index (Phi) is 5.78. The molecule has 0 aromatic heterocycles. The highest BCUT2D eigenvalue weighted by atomic mass is 16.4. The van der Waals surface area contributed by atoms with Crippen molar-refractivity contribution in [1.29, 1.82) is 0 Å². The third kappa shape index (κ3) is 4.47. The summed E-state index contributed by atoms with van der Waals surface area (Å²) in [5.41, 5.74) is 1.79. The van der Waals surface area contributed by atoms with Crippen LogP contribution in [0.25, 0.3) is 0 Å². The van der Waals surface area contributed by atoms with E-state index in [1.807, 2.05) is 24.3 Å². The van der Waals surface area contributed by atoms with Crippen LogP contribution in [0, 0.1) is 5.92 Å². The normalized spacial score (nSPS) is 15.2. The molecule has 1 aromatic rings. The van der Waals surface area contributed by atoms with E-state index in [0.29, 0.717) is 13.0 Å².